The highest BCUT2D eigenvalue weighted by Gasteiger charge is 2.30. The molecular weight excluding hydrogens is 445 g/mol. The Kier molecular flexibility index (Phi) is 6.16. The summed E-state index contributed by atoms with van der Waals surface area (Å²) < 4.78 is 38.6. The van der Waals surface area contributed by atoms with Gasteiger partial charge in [-0.2, -0.15) is 18.3 Å². The zero-order valence-electron chi connectivity index (χ0n) is 18.5. The first kappa shape index (κ1) is 23.1. The van der Waals surface area contributed by atoms with Gasteiger partial charge in [-0.3, -0.25) is 5.10 Å². The summed E-state index contributed by atoms with van der Waals surface area (Å²) in [6, 6.07) is 14.9. The molecule has 4 rings (SSSR count). The van der Waals surface area contributed by atoms with Gasteiger partial charge in [-0.05, 0) is 61.1 Å². The average Bonchev–Trinajstić information content (AvgIpc) is 3.16. The van der Waals surface area contributed by atoms with E-state index < -0.39 is 17.8 Å². The molecule has 3 aromatic carbocycles. The maximum atomic E-state index is 12.9. The van der Waals surface area contributed by atoms with Gasteiger partial charge in [0, 0.05) is 17.9 Å². The van der Waals surface area contributed by atoms with Crippen LogP contribution in [0.4, 0.5) is 35.2 Å². The van der Waals surface area contributed by atoms with E-state index in [9.17, 15) is 18.0 Å². The predicted molar refractivity (Wildman–Crippen MR) is 127 cm³/mol. The predicted octanol–water partition coefficient (Wildman–Crippen LogP) is 5.54. The largest absolute Gasteiger partial charge is 0.416 e. The number of hydrogen-bond donors (Lipinski definition) is 4. The number of aromatic nitrogens is 2. The molecule has 0 unspecified atom stereocenters. The van der Waals surface area contributed by atoms with E-state index in [0.29, 0.717) is 11.5 Å². The van der Waals surface area contributed by atoms with Gasteiger partial charge in [0.15, 0.2) is 5.82 Å². The van der Waals surface area contributed by atoms with Crippen LogP contribution in [-0.4, -0.2) is 35.2 Å². The van der Waals surface area contributed by atoms with Crippen LogP contribution in [0.3, 0.4) is 0 Å². The van der Waals surface area contributed by atoms with Crippen molar-refractivity contribution in [1.82, 2.24) is 15.1 Å². The maximum Gasteiger partial charge on any atom is 0.416 e. The van der Waals surface area contributed by atoms with Crippen molar-refractivity contribution >= 4 is 34.1 Å². The summed E-state index contributed by atoms with van der Waals surface area (Å²) in [7, 11) is 3.96. The van der Waals surface area contributed by atoms with Crippen LogP contribution in [0.5, 0.6) is 0 Å². The maximum absolute atomic E-state index is 12.9. The Hall–Kier alpha value is -4.05. The molecule has 0 saturated carbocycles. The summed E-state index contributed by atoms with van der Waals surface area (Å²) in [5.41, 5.74) is 9.51. The smallest absolute Gasteiger partial charge is 0.382 e. The molecule has 34 heavy (non-hydrogen) atoms. The number of hydrogen-bond acceptors (Lipinski definition) is 4. The second-order valence-corrected chi connectivity index (χ2v) is 8.10. The number of carbonyl (C=O) groups is 1. The molecule has 0 bridgehead atoms. The van der Waals surface area contributed by atoms with Gasteiger partial charge in [0.2, 0.25) is 0 Å². The number of H-pyrrole nitrogens is 1. The van der Waals surface area contributed by atoms with Crippen LogP contribution in [-0.2, 0) is 12.7 Å². The van der Waals surface area contributed by atoms with E-state index in [4.69, 9.17) is 5.73 Å². The lowest BCUT2D eigenvalue weighted by atomic mass is 9.98. The van der Waals surface area contributed by atoms with Crippen LogP contribution in [0.25, 0.3) is 22.0 Å². The molecule has 5 N–H and O–H groups in total. The normalized spacial score (nSPS) is 11.7. The highest BCUT2D eigenvalue weighted by Crippen LogP contribution is 2.34. The molecule has 0 aliphatic carbocycles. The van der Waals surface area contributed by atoms with Gasteiger partial charge >= 0.3 is 12.2 Å². The minimum Gasteiger partial charge on any atom is -0.382 e. The van der Waals surface area contributed by atoms with Crippen LogP contribution < -0.4 is 16.4 Å². The molecule has 1 aromatic heterocycles. The van der Waals surface area contributed by atoms with Crippen LogP contribution >= 0.6 is 0 Å². The summed E-state index contributed by atoms with van der Waals surface area (Å²) in [4.78, 5) is 14.3. The number of fused-ring (bicyclic) bond motifs is 1. The first-order valence-electron chi connectivity index (χ1n) is 10.4. The minimum atomic E-state index is -4.49. The fourth-order valence-electron chi connectivity index (χ4n) is 3.72. The molecule has 0 radical (unpaired) electrons. The number of anilines is 3. The van der Waals surface area contributed by atoms with Crippen molar-refractivity contribution in [2.75, 3.05) is 30.5 Å². The number of alkyl halides is 3. The summed E-state index contributed by atoms with van der Waals surface area (Å²) in [6.45, 7) is 0.724. The Morgan fingerprint density at radius 1 is 1.03 bits per heavy atom. The molecule has 1 heterocycles. The number of aromatic amines is 1. The lowest BCUT2D eigenvalue weighted by Crippen LogP contribution is -2.19. The number of halogens is 3. The van der Waals surface area contributed by atoms with Crippen molar-refractivity contribution in [3.8, 4) is 11.1 Å². The average molecular weight is 468 g/mol. The number of rotatable bonds is 5. The molecule has 0 atom stereocenters. The van der Waals surface area contributed by atoms with Crippen molar-refractivity contribution in [1.29, 1.82) is 0 Å². The Bertz CT molecular complexity index is 1330. The topological polar surface area (TPSA) is 99.1 Å². The second kappa shape index (κ2) is 9.06. The van der Waals surface area contributed by atoms with Gasteiger partial charge in [-0.1, -0.05) is 30.3 Å². The summed E-state index contributed by atoms with van der Waals surface area (Å²) >= 11 is 0. The minimum absolute atomic E-state index is 0.0413. The number of carbonyl (C=O) groups excluding carboxylic acids is 1. The third kappa shape index (κ3) is 4.96. The number of nitrogens with two attached hydrogens (primary N) is 1. The van der Waals surface area contributed by atoms with Gasteiger partial charge in [0.25, 0.3) is 0 Å². The third-order valence-electron chi connectivity index (χ3n) is 5.22. The summed E-state index contributed by atoms with van der Waals surface area (Å²) in [5.74, 6) is 0.397. The molecule has 4 aromatic rings. The van der Waals surface area contributed by atoms with Crippen LogP contribution in [0, 0.1) is 0 Å². The van der Waals surface area contributed by atoms with Crippen molar-refractivity contribution < 1.29 is 18.0 Å². The van der Waals surface area contributed by atoms with Gasteiger partial charge in [-0.25, -0.2) is 4.79 Å². The van der Waals surface area contributed by atoms with Crippen molar-refractivity contribution in [2.45, 2.75) is 12.7 Å². The lowest BCUT2D eigenvalue weighted by Gasteiger charge is -2.13. The lowest BCUT2D eigenvalue weighted by molar-refractivity contribution is -0.137. The van der Waals surface area contributed by atoms with Crippen molar-refractivity contribution in [3.63, 3.8) is 0 Å². The standard InChI is InChI=1S/C24H23F3N6O/c1-33(2)13-15-8-11-19(20-21(15)31-32-22(20)28)14-6-9-17(10-7-14)29-23(34)30-18-5-3-4-16(12-18)24(25,26)27/h3-12H,13H2,1-2H3,(H3,28,31,32)(H2,29,30,34). The first-order chi connectivity index (χ1) is 16.1. The molecule has 0 aliphatic rings. The van der Waals surface area contributed by atoms with Gasteiger partial charge in [-0.15, -0.1) is 0 Å². The fraction of sp³-hybridized carbons (Fsp3) is 0.167. The van der Waals surface area contributed by atoms with Gasteiger partial charge in [0.1, 0.15) is 0 Å². The summed E-state index contributed by atoms with van der Waals surface area (Å²) in [6.07, 6.45) is -4.49. The number of nitrogens with one attached hydrogen (secondary N) is 3. The number of urea groups is 1. The first-order valence-corrected chi connectivity index (χ1v) is 10.4. The molecule has 176 valence electrons. The van der Waals surface area contributed by atoms with Crippen LogP contribution in [0.1, 0.15) is 11.1 Å². The second-order valence-electron chi connectivity index (χ2n) is 8.10. The molecule has 0 aliphatic heterocycles. The number of amides is 2. The van der Waals surface area contributed by atoms with E-state index in [1.54, 1.807) is 12.1 Å². The van der Waals surface area contributed by atoms with E-state index in [1.165, 1.54) is 12.1 Å². The molecular formula is C24H23F3N6O. The fourth-order valence-corrected chi connectivity index (χ4v) is 3.72. The van der Waals surface area contributed by atoms with E-state index >= 15 is 0 Å². The molecule has 0 fully saturated rings. The van der Waals surface area contributed by atoms with Crippen LogP contribution in [0.2, 0.25) is 0 Å². The molecule has 2 amide bonds. The molecule has 10 heteroatoms. The van der Waals surface area contributed by atoms with Crippen molar-refractivity contribution in [3.05, 3.63) is 71.8 Å². The Morgan fingerprint density at radius 2 is 1.74 bits per heavy atom. The Morgan fingerprint density at radius 3 is 2.41 bits per heavy atom. The summed E-state index contributed by atoms with van der Waals surface area (Å²) in [5, 5.41) is 13.0. The SMILES string of the molecule is CN(C)Cc1ccc(-c2ccc(NC(=O)Nc3cccc(C(F)(F)F)c3)cc2)c2c(N)n[nH]c12. The number of nitrogen functional groups attached to an aromatic ring is 1. The molecule has 0 saturated heterocycles. The Labute approximate surface area is 193 Å². The number of benzene rings is 3. The van der Waals surface area contributed by atoms with Crippen LogP contribution in [0.15, 0.2) is 60.7 Å². The monoisotopic (exact) mass is 468 g/mol. The van der Waals surface area contributed by atoms with E-state index in [-0.39, 0.29) is 5.69 Å². The zero-order valence-corrected chi connectivity index (χ0v) is 18.5. The molecule has 0 spiro atoms. The molecule has 7 nitrogen and oxygen atoms in total. The zero-order chi connectivity index (χ0) is 24.5. The van der Waals surface area contributed by atoms with E-state index in [0.717, 1.165) is 46.3 Å². The number of nitrogens with zero attached hydrogens (tertiary/aromatic N) is 2. The van der Waals surface area contributed by atoms with E-state index in [2.05, 4.69) is 25.7 Å². The highest BCUT2D eigenvalue weighted by molar-refractivity contribution is 6.03. The van der Waals surface area contributed by atoms with E-state index in [1.807, 2.05) is 38.4 Å². The van der Waals surface area contributed by atoms with Gasteiger partial charge in [0.05, 0.1) is 16.5 Å². The Balaban J connectivity index is 1.51. The third-order valence-corrected chi connectivity index (χ3v) is 5.22. The quantitative estimate of drug-likeness (QED) is 0.309. The van der Waals surface area contributed by atoms with Gasteiger partial charge < -0.3 is 21.3 Å². The van der Waals surface area contributed by atoms with Crippen molar-refractivity contribution in [2.24, 2.45) is 0 Å². The highest BCUT2D eigenvalue weighted by atomic mass is 19.4.